The largest absolute Gasteiger partial charge is 0.503 e. The number of hydrogen-bond donors (Lipinski definition) is 1. The predicted octanol–water partition coefficient (Wildman–Crippen LogP) is 4.20. The normalized spacial score (nSPS) is 21.0. The summed E-state index contributed by atoms with van der Waals surface area (Å²) in [6, 6.07) is 15.3. The van der Waals surface area contributed by atoms with Gasteiger partial charge in [0.2, 0.25) is 5.78 Å². The van der Waals surface area contributed by atoms with Crippen LogP contribution in [0.3, 0.4) is 0 Å². The van der Waals surface area contributed by atoms with Gasteiger partial charge in [-0.05, 0) is 42.7 Å². The molecule has 7 heteroatoms. The van der Waals surface area contributed by atoms with Crippen LogP contribution >= 0.6 is 0 Å². The van der Waals surface area contributed by atoms with E-state index in [4.69, 9.17) is 13.9 Å². The van der Waals surface area contributed by atoms with E-state index in [9.17, 15) is 14.7 Å². The molecule has 3 aromatic rings. The molecule has 164 valence electrons. The Balaban J connectivity index is 1.56. The summed E-state index contributed by atoms with van der Waals surface area (Å²) in [5.41, 5.74) is 1.27. The van der Waals surface area contributed by atoms with Crippen LogP contribution in [-0.4, -0.2) is 48.1 Å². The number of rotatable bonds is 6. The molecule has 1 saturated heterocycles. The quantitative estimate of drug-likeness (QED) is 0.586. The Hall–Kier alpha value is -3.58. The first kappa shape index (κ1) is 20.3. The monoisotopic (exact) mass is 433 g/mol. The zero-order valence-corrected chi connectivity index (χ0v) is 17.6. The van der Waals surface area contributed by atoms with Crippen molar-refractivity contribution in [3.05, 3.63) is 77.3 Å². The Bertz CT molecular complexity index is 1170. The lowest BCUT2D eigenvalue weighted by molar-refractivity contribution is -0.131. The minimum Gasteiger partial charge on any atom is -0.503 e. The molecule has 2 aliphatic rings. The number of ether oxygens (including phenoxy) is 2. The maximum atomic E-state index is 13.5. The third-order valence-corrected chi connectivity index (χ3v) is 6.05. The van der Waals surface area contributed by atoms with Crippen molar-refractivity contribution in [3.63, 3.8) is 0 Å². The van der Waals surface area contributed by atoms with E-state index < -0.39 is 23.5 Å². The smallest absolute Gasteiger partial charge is 0.290 e. The topological polar surface area (TPSA) is 89.2 Å². The van der Waals surface area contributed by atoms with E-state index in [1.807, 2.05) is 18.2 Å². The van der Waals surface area contributed by atoms with Crippen LogP contribution in [0.25, 0.3) is 11.0 Å². The van der Waals surface area contributed by atoms with Crippen molar-refractivity contribution < 1.29 is 28.6 Å². The van der Waals surface area contributed by atoms with Crippen molar-refractivity contribution >= 4 is 22.7 Å². The zero-order valence-electron chi connectivity index (χ0n) is 17.6. The fourth-order valence-corrected chi connectivity index (χ4v) is 4.44. The second-order valence-electron chi connectivity index (χ2n) is 8.01. The number of Topliss-reactive ketones (excluding diaryl/α,β-unsaturated/α-hetero) is 1. The molecular formula is C25H23NO6. The number of aliphatic hydroxyl groups is 1. The van der Waals surface area contributed by atoms with E-state index in [1.165, 1.54) is 4.90 Å². The number of aliphatic hydroxyl groups excluding tert-OH is 1. The Morgan fingerprint density at radius 1 is 1.19 bits per heavy atom. The summed E-state index contributed by atoms with van der Waals surface area (Å²) in [4.78, 5) is 28.1. The highest BCUT2D eigenvalue weighted by Gasteiger charge is 2.45. The average Bonchev–Trinajstić information content (AvgIpc) is 3.54. The number of hydrogen-bond acceptors (Lipinski definition) is 6. The molecule has 2 unspecified atom stereocenters. The summed E-state index contributed by atoms with van der Waals surface area (Å²) in [5, 5.41) is 11.6. The predicted molar refractivity (Wildman–Crippen MR) is 117 cm³/mol. The van der Waals surface area contributed by atoms with Crippen molar-refractivity contribution in [1.29, 1.82) is 0 Å². The van der Waals surface area contributed by atoms with Crippen molar-refractivity contribution in [1.82, 2.24) is 4.90 Å². The summed E-state index contributed by atoms with van der Waals surface area (Å²) in [6.45, 7) is 0.931. The maximum Gasteiger partial charge on any atom is 0.290 e. The van der Waals surface area contributed by atoms with E-state index in [0.717, 1.165) is 18.2 Å². The second-order valence-corrected chi connectivity index (χ2v) is 8.01. The van der Waals surface area contributed by atoms with Gasteiger partial charge in [-0.15, -0.1) is 0 Å². The lowest BCUT2D eigenvalue weighted by Crippen LogP contribution is -2.37. The fourth-order valence-electron chi connectivity index (χ4n) is 4.44. The first-order valence-corrected chi connectivity index (χ1v) is 10.6. The summed E-state index contributed by atoms with van der Waals surface area (Å²) in [6.07, 6.45) is 1.62. The Morgan fingerprint density at radius 3 is 2.66 bits per heavy atom. The van der Waals surface area contributed by atoms with Crippen molar-refractivity contribution in [3.8, 4) is 5.75 Å². The molecule has 1 amide bonds. The van der Waals surface area contributed by atoms with Gasteiger partial charge in [0.05, 0.1) is 24.8 Å². The number of fused-ring (bicyclic) bond motifs is 1. The van der Waals surface area contributed by atoms with Gasteiger partial charge in [-0.25, -0.2) is 0 Å². The maximum absolute atomic E-state index is 13.5. The summed E-state index contributed by atoms with van der Waals surface area (Å²) in [5.74, 6) is -0.905. The molecule has 0 bridgehead atoms. The van der Waals surface area contributed by atoms with E-state index in [2.05, 4.69) is 0 Å². The molecule has 3 heterocycles. The van der Waals surface area contributed by atoms with Gasteiger partial charge in [-0.1, -0.05) is 30.3 Å². The van der Waals surface area contributed by atoms with Crippen LogP contribution in [0.15, 0.2) is 70.3 Å². The average molecular weight is 433 g/mol. The molecule has 7 nitrogen and oxygen atoms in total. The van der Waals surface area contributed by atoms with E-state index in [1.54, 1.807) is 43.5 Å². The highest BCUT2D eigenvalue weighted by atomic mass is 16.5. The first-order valence-electron chi connectivity index (χ1n) is 10.6. The number of nitrogens with zero attached hydrogens (tertiary/aromatic N) is 1. The van der Waals surface area contributed by atoms with Crippen LogP contribution in [0.4, 0.5) is 0 Å². The highest BCUT2D eigenvalue weighted by molar-refractivity contribution is 6.16. The van der Waals surface area contributed by atoms with Gasteiger partial charge in [-0.3, -0.25) is 9.59 Å². The third kappa shape index (κ3) is 3.44. The van der Waals surface area contributed by atoms with Crippen LogP contribution in [0, 0.1) is 0 Å². The van der Waals surface area contributed by atoms with Gasteiger partial charge in [-0.2, -0.15) is 0 Å². The summed E-state index contributed by atoms with van der Waals surface area (Å²) >= 11 is 0. The van der Waals surface area contributed by atoms with Crippen LogP contribution in [-0.2, 0) is 9.53 Å². The van der Waals surface area contributed by atoms with Crippen LogP contribution < -0.4 is 4.74 Å². The Kier molecular flexibility index (Phi) is 5.19. The lowest BCUT2D eigenvalue weighted by atomic mass is 9.94. The van der Waals surface area contributed by atoms with Gasteiger partial charge >= 0.3 is 0 Å². The summed E-state index contributed by atoms with van der Waals surface area (Å²) < 4.78 is 16.7. The van der Waals surface area contributed by atoms with Crippen molar-refractivity contribution in [2.75, 3.05) is 20.3 Å². The number of furan rings is 1. The fraction of sp³-hybridized carbons (Fsp3) is 0.280. The van der Waals surface area contributed by atoms with Gasteiger partial charge in [0, 0.05) is 18.5 Å². The lowest BCUT2D eigenvalue weighted by Gasteiger charge is -2.28. The van der Waals surface area contributed by atoms with Crippen LogP contribution in [0.2, 0.25) is 0 Å². The zero-order chi connectivity index (χ0) is 22.2. The van der Waals surface area contributed by atoms with E-state index in [-0.39, 0.29) is 24.0 Å². The molecular weight excluding hydrogens is 410 g/mol. The van der Waals surface area contributed by atoms with Crippen LogP contribution in [0.1, 0.15) is 35.0 Å². The molecule has 0 spiro atoms. The van der Waals surface area contributed by atoms with Gasteiger partial charge in [0.1, 0.15) is 11.3 Å². The molecule has 1 N–H and O–H groups in total. The SMILES string of the molecule is COc1ccc(C2C(C(=O)c3cc4ccccc4o3)=C(O)C(=O)N2CC2CCCO2)cc1. The Labute approximate surface area is 184 Å². The molecule has 2 aromatic carbocycles. The van der Waals surface area contributed by atoms with E-state index >= 15 is 0 Å². The molecule has 0 radical (unpaired) electrons. The third-order valence-electron chi connectivity index (χ3n) is 6.05. The number of benzene rings is 2. The number of ketones is 1. The molecule has 2 atom stereocenters. The second kappa shape index (κ2) is 8.16. The van der Waals surface area contributed by atoms with Crippen molar-refractivity contribution in [2.45, 2.75) is 25.0 Å². The molecule has 5 rings (SSSR count). The Morgan fingerprint density at radius 2 is 1.97 bits per heavy atom. The van der Waals surface area contributed by atoms with Crippen LogP contribution in [0.5, 0.6) is 5.75 Å². The number of carbonyl (C=O) groups is 2. The first-order chi connectivity index (χ1) is 15.6. The molecule has 0 aliphatic carbocycles. The molecule has 1 fully saturated rings. The molecule has 0 saturated carbocycles. The molecule has 32 heavy (non-hydrogen) atoms. The molecule has 1 aromatic heterocycles. The van der Waals surface area contributed by atoms with Gasteiger partial charge in [0.25, 0.3) is 5.91 Å². The standard InChI is InChI=1S/C25H23NO6/c1-30-17-10-8-15(9-11-17)22-21(23(27)20-13-16-5-2-3-7-19(16)32-20)24(28)25(29)26(22)14-18-6-4-12-31-18/h2-3,5,7-11,13,18,22,28H,4,6,12,14H2,1H3. The van der Waals surface area contributed by atoms with Crippen molar-refractivity contribution in [2.24, 2.45) is 0 Å². The summed E-state index contributed by atoms with van der Waals surface area (Å²) in [7, 11) is 1.57. The number of amides is 1. The highest BCUT2D eigenvalue weighted by Crippen LogP contribution is 2.40. The minimum atomic E-state index is -0.752. The minimum absolute atomic E-state index is 0.0113. The van der Waals surface area contributed by atoms with E-state index in [0.29, 0.717) is 23.5 Å². The number of carbonyl (C=O) groups excluding carboxylic acids is 2. The molecule has 2 aliphatic heterocycles. The number of methoxy groups -OCH3 is 1. The number of para-hydroxylation sites is 1. The van der Waals surface area contributed by atoms with Gasteiger partial charge in [0.15, 0.2) is 11.5 Å². The van der Waals surface area contributed by atoms with Gasteiger partial charge < -0.3 is 23.9 Å².